The SMILES string of the molecule is C(=C1CN2CCC1CC2)c1nccs1.O=C(O)C(=O)O. The third-order valence-electron chi connectivity index (χ3n) is 3.46. The third-order valence-corrected chi connectivity index (χ3v) is 4.18. The highest BCUT2D eigenvalue weighted by molar-refractivity contribution is 7.10. The van der Waals surface area contributed by atoms with Crippen molar-refractivity contribution in [3.8, 4) is 0 Å². The molecule has 6 nitrogen and oxygen atoms in total. The van der Waals surface area contributed by atoms with Crippen LogP contribution < -0.4 is 0 Å². The van der Waals surface area contributed by atoms with Crippen molar-refractivity contribution in [3.63, 3.8) is 0 Å². The predicted octanol–water partition coefficient (Wildman–Crippen LogP) is 1.41. The molecule has 0 saturated carbocycles. The number of hydrogen-bond donors (Lipinski definition) is 2. The van der Waals surface area contributed by atoms with Crippen LogP contribution >= 0.6 is 11.3 Å². The van der Waals surface area contributed by atoms with Gasteiger partial charge in [-0.05, 0) is 37.9 Å². The van der Waals surface area contributed by atoms with Crippen molar-refractivity contribution >= 4 is 29.4 Å². The van der Waals surface area contributed by atoms with Crippen molar-refractivity contribution in [2.24, 2.45) is 5.92 Å². The molecule has 3 aliphatic heterocycles. The summed E-state index contributed by atoms with van der Waals surface area (Å²) in [5, 5.41) is 18.0. The van der Waals surface area contributed by atoms with Crippen molar-refractivity contribution < 1.29 is 19.8 Å². The summed E-state index contributed by atoms with van der Waals surface area (Å²) in [6.45, 7) is 3.80. The van der Waals surface area contributed by atoms with Gasteiger partial charge in [-0.15, -0.1) is 11.3 Å². The lowest BCUT2D eigenvalue weighted by molar-refractivity contribution is -0.159. The predicted molar refractivity (Wildman–Crippen MR) is 74.5 cm³/mol. The summed E-state index contributed by atoms with van der Waals surface area (Å²) >= 11 is 1.74. The molecule has 3 fully saturated rings. The van der Waals surface area contributed by atoms with Crippen LogP contribution in [-0.2, 0) is 9.59 Å². The van der Waals surface area contributed by atoms with Crippen LogP contribution in [0.4, 0.5) is 0 Å². The highest BCUT2D eigenvalue weighted by Crippen LogP contribution is 2.32. The Morgan fingerprint density at radius 3 is 2.35 bits per heavy atom. The molecular formula is C13H16N2O4S. The van der Waals surface area contributed by atoms with Crippen molar-refractivity contribution in [3.05, 3.63) is 22.2 Å². The average molecular weight is 296 g/mol. The van der Waals surface area contributed by atoms with Gasteiger partial charge in [0.25, 0.3) is 0 Å². The van der Waals surface area contributed by atoms with Crippen LogP contribution in [0.25, 0.3) is 6.08 Å². The number of carboxylic acids is 2. The monoisotopic (exact) mass is 296 g/mol. The van der Waals surface area contributed by atoms with E-state index in [-0.39, 0.29) is 0 Å². The van der Waals surface area contributed by atoms with Crippen LogP contribution in [0.1, 0.15) is 17.8 Å². The highest BCUT2D eigenvalue weighted by Gasteiger charge is 2.29. The van der Waals surface area contributed by atoms with Gasteiger partial charge in [0, 0.05) is 18.1 Å². The molecule has 2 N–H and O–H groups in total. The maximum atomic E-state index is 9.10. The summed E-state index contributed by atoms with van der Waals surface area (Å²) in [5.74, 6) is -2.80. The number of hydrogen-bond acceptors (Lipinski definition) is 5. The van der Waals surface area contributed by atoms with Crippen molar-refractivity contribution in [2.75, 3.05) is 19.6 Å². The van der Waals surface area contributed by atoms with E-state index in [1.807, 2.05) is 11.6 Å². The molecule has 0 atom stereocenters. The minimum absolute atomic E-state index is 0.851. The first-order valence-corrected chi connectivity index (χ1v) is 7.22. The molecule has 0 aromatic carbocycles. The quantitative estimate of drug-likeness (QED) is 0.761. The average Bonchev–Trinajstić information content (AvgIpc) is 2.93. The molecule has 3 saturated heterocycles. The zero-order valence-electron chi connectivity index (χ0n) is 10.9. The van der Waals surface area contributed by atoms with E-state index in [0.717, 1.165) is 5.92 Å². The molecular weight excluding hydrogens is 280 g/mol. The van der Waals surface area contributed by atoms with Gasteiger partial charge in [0.1, 0.15) is 5.01 Å². The first-order valence-electron chi connectivity index (χ1n) is 6.35. The number of aliphatic carboxylic acids is 2. The second-order valence-corrected chi connectivity index (χ2v) is 5.68. The van der Waals surface area contributed by atoms with Crippen molar-refractivity contribution in [1.29, 1.82) is 0 Å². The molecule has 1 aromatic rings. The summed E-state index contributed by atoms with van der Waals surface area (Å²) in [7, 11) is 0. The number of nitrogens with zero attached hydrogens (tertiary/aromatic N) is 2. The molecule has 0 radical (unpaired) electrons. The summed E-state index contributed by atoms with van der Waals surface area (Å²) in [5.41, 5.74) is 1.61. The molecule has 7 heteroatoms. The first-order chi connectivity index (χ1) is 9.56. The Morgan fingerprint density at radius 2 is 1.95 bits per heavy atom. The standard InChI is InChI=1S/C11H14N2S.C2H2O4/c1-4-13-5-2-9(1)10(8-13)7-11-12-3-6-14-11;3-1(4)2(5)6/h3,6-7,9H,1-2,4-5,8H2;(H,3,4)(H,5,6). The second-order valence-electron chi connectivity index (χ2n) is 4.75. The molecule has 4 heterocycles. The second kappa shape index (κ2) is 6.62. The van der Waals surface area contributed by atoms with Gasteiger partial charge in [-0.3, -0.25) is 4.90 Å². The summed E-state index contributed by atoms with van der Waals surface area (Å²) < 4.78 is 0. The summed E-state index contributed by atoms with van der Waals surface area (Å²) in [4.78, 5) is 25.1. The van der Waals surface area contributed by atoms with Gasteiger partial charge in [0.05, 0.1) is 0 Å². The number of piperidine rings is 3. The van der Waals surface area contributed by atoms with Gasteiger partial charge in [-0.25, -0.2) is 14.6 Å². The number of fused-ring (bicyclic) bond motifs is 3. The third kappa shape index (κ3) is 3.88. The van der Waals surface area contributed by atoms with E-state index in [1.54, 1.807) is 16.9 Å². The van der Waals surface area contributed by atoms with Gasteiger partial charge in [0.15, 0.2) is 0 Å². The smallest absolute Gasteiger partial charge is 0.414 e. The summed E-state index contributed by atoms with van der Waals surface area (Å²) in [6, 6.07) is 0. The molecule has 1 aromatic heterocycles. The van der Waals surface area contributed by atoms with Crippen LogP contribution in [0, 0.1) is 5.92 Å². The Morgan fingerprint density at radius 1 is 1.30 bits per heavy atom. The Bertz CT molecular complexity index is 492. The molecule has 3 aliphatic rings. The van der Waals surface area contributed by atoms with E-state index >= 15 is 0 Å². The number of carboxylic acid groups (broad SMARTS) is 2. The van der Waals surface area contributed by atoms with Gasteiger partial charge in [-0.2, -0.15) is 0 Å². The van der Waals surface area contributed by atoms with E-state index in [2.05, 4.69) is 16.0 Å². The fraction of sp³-hybridized carbons (Fsp3) is 0.462. The van der Waals surface area contributed by atoms with Crippen LogP contribution in [0.2, 0.25) is 0 Å². The maximum Gasteiger partial charge on any atom is 0.414 e. The van der Waals surface area contributed by atoms with Gasteiger partial charge in [-0.1, -0.05) is 5.57 Å². The van der Waals surface area contributed by atoms with E-state index in [9.17, 15) is 0 Å². The van der Waals surface area contributed by atoms with Gasteiger partial charge in [0.2, 0.25) is 0 Å². The van der Waals surface area contributed by atoms with Crippen molar-refractivity contribution in [1.82, 2.24) is 9.88 Å². The van der Waals surface area contributed by atoms with Crippen LogP contribution in [0.3, 0.4) is 0 Å². The molecule has 0 aliphatic carbocycles. The lowest BCUT2D eigenvalue weighted by Gasteiger charge is -2.40. The molecule has 0 spiro atoms. The normalized spacial score (nSPS) is 25.9. The molecule has 108 valence electrons. The molecule has 0 amide bonds. The zero-order valence-corrected chi connectivity index (χ0v) is 11.7. The van der Waals surface area contributed by atoms with E-state index in [1.165, 1.54) is 37.5 Å². The number of aromatic nitrogens is 1. The van der Waals surface area contributed by atoms with Crippen LogP contribution in [0.5, 0.6) is 0 Å². The molecule has 4 rings (SSSR count). The Hall–Kier alpha value is -1.73. The minimum atomic E-state index is -1.82. The van der Waals surface area contributed by atoms with Crippen LogP contribution in [0.15, 0.2) is 17.2 Å². The maximum absolute atomic E-state index is 9.10. The van der Waals surface area contributed by atoms with E-state index in [4.69, 9.17) is 19.8 Å². The fourth-order valence-corrected chi connectivity index (χ4v) is 3.08. The number of rotatable bonds is 1. The first kappa shape index (κ1) is 14.7. The van der Waals surface area contributed by atoms with Crippen molar-refractivity contribution in [2.45, 2.75) is 12.8 Å². The van der Waals surface area contributed by atoms with Crippen LogP contribution in [-0.4, -0.2) is 51.7 Å². The van der Waals surface area contributed by atoms with E-state index < -0.39 is 11.9 Å². The Balaban J connectivity index is 0.000000212. The van der Waals surface area contributed by atoms with Gasteiger partial charge >= 0.3 is 11.9 Å². The number of thiazole rings is 1. The largest absolute Gasteiger partial charge is 0.473 e. The minimum Gasteiger partial charge on any atom is -0.473 e. The lowest BCUT2D eigenvalue weighted by Crippen LogP contribution is -2.42. The topological polar surface area (TPSA) is 90.7 Å². The fourth-order valence-electron chi connectivity index (χ4n) is 2.48. The Kier molecular flexibility index (Phi) is 4.86. The Labute approximate surface area is 120 Å². The highest BCUT2D eigenvalue weighted by atomic mass is 32.1. The zero-order chi connectivity index (χ0) is 14.5. The number of carbonyl (C=O) groups is 2. The summed E-state index contributed by atoms with van der Waals surface area (Å²) in [6.07, 6.45) is 6.91. The lowest BCUT2D eigenvalue weighted by atomic mass is 9.84. The van der Waals surface area contributed by atoms with Gasteiger partial charge < -0.3 is 10.2 Å². The molecule has 0 unspecified atom stereocenters. The molecule has 20 heavy (non-hydrogen) atoms. The molecule has 2 bridgehead atoms. The van der Waals surface area contributed by atoms with E-state index in [0.29, 0.717) is 0 Å².